The molecule has 0 aliphatic heterocycles. The molecule has 3 aromatic carbocycles. The lowest BCUT2D eigenvalue weighted by Gasteiger charge is -2.19. The van der Waals surface area contributed by atoms with Crippen LogP contribution in [-0.2, 0) is 16.3 Å². The number of aromatic carboxylic acids is 1. The molecule has 0 aromatic heterocycles. The first-order valence-electron chi connectivity index (χ1n) is 8.95. The Kier molecular flexibility index (Phi) is 6.05. The molecule has 0 amide bonds. The Hall–Kier alpha value is -3.03. The molecule has 0 unspecified atom stereocenters. The Morgan fingerprint density at radius 2 is 1.70 bits per heavy atom. The van der Waals surface area contributed by atoms with Gasteiger partial charge < -0.3 is 15.6 Å². The maximum Gasteiger partial charge on any atom is 0.337 e. The minimum Gasteiger partial charge on any atom is -0.497 e. The van der Waals surface area contributed by atoms with Crippen molar-refractivity contribution in [2.75, 3.05) is 12.8 Å². The van der Waals surface area contributed by atoms with Crippen LogP contribution in [0.4, 0.5) is 5.69 Å². The van der Waals surface area contributed by atoms with Crippen LogP contribution < -0.4 is 10.5 Å². The molecule has 0 aliphatic rings. The third-order valence-corrected chi connectivity index (χ3v) is 7.21. The lowest BCUT2D eigenvalue weighted by molar-refractivity contribution is 0.0691. The molecule has 0 radical (unpaired) electrons. The number of nitrogen functional groups attached to an aromatic ring is 1. The molecule has 0 bridgehead atoms. The lowest BCUT2D eigenvalue weighted by Crippen LogP contribution is -2.17. The number of hydrogen-bond donors (Lipinski definition) is 2. The summed E-state index contributed by atoms with van der Waals surface area (Å²) in [5, 5.41) is 10.00. The standard InChI is InChI=1S/C22H20ClNO5S/c1-13-17(12-14-6-4-3-5-7-14)18(22(25)26)21(20(24)19(13)23)30(27,28)16-10-8-15(29-2)9-11-16/h3-11H,12,24H2,1-2H3,(H,25,26). The summed E-state index contributed by atoms with van der Waals surface area (Å²) in [5.74, 6) is -0.924. The molecule has 0 aliphatic carbocycles. The second-order valence-electron chi connectivity index (χ2n) is 6.68. The summed E-state index contributed by atoms with van der Waals surface area (Å²) in [6.07, 6.45) is 0.194. The molecule has 0 atom stereocenters. The van der Waals surface area contributed by atoms with Gasteiger partial charge in [0.1, 0.15) is 10.6 Å². The van der Waals surface area contributed by atoms with Crippen molar-refractivity contribution in [3.63, 3.8) is 0 Å². The number of methoxy groups -OCH3 is 1. The van der Waals surface area contributed by atoms with Crippen LogP contribution in [0, 0.1) is 6.92 Å². The molecular weight excluding hydrogens is 426 g/mol. The second-order valence-corrected chi connectivity index (χ2v) is 8.95. The molecule has 3 rings (SSSR count). The van der Waals surface area contributed by atoms with E-state index >= 15 is 0 Å². The fraction of sp³-hybridized carbons (Fsp3) is 0.136. The highest BCUT2D eigenvalue weighted by atomic mass is 35.5. The number of carbonyl (C=O) groups is 1. The number of nitrogens with two attached hydrogens (primary N) is 1. The maximum absolute atomic E-state index is 13.4. The van der Waals surface area contributed by atoms with Crippen LogP contribution in [0.25, 0.3) is 0 Å². The summed E-state index contributed by atoms with van der Waals surface area (Å²) in [5.41, 5.74) is 6.98. The van der Waals surface area contributed by atoms with Gasteiger partial charge >= 0.3 is 5.97 Å². The topological polar surface area (TPSA) is 107 Å². The van der Waals surface area contributed by atoms with Gasteiger partial charge in [-0.15, -0.1) is 0 Å². The molecule has 0 fully saturated rings. The number of ether oxygens (including phenoxy) is 1. The van der Waals surface area contributed by atoms with Gasteiger partial charge in [0, 0.05) is 0 Å². The molecular formula is C22H20ClNO5S. The monoisotopic (exact) mass is 445 g/mol. The van der Waals surface area contributed by atoms with E-state index in [-0.39, 0.29) is 27.6 Å². The van der Waals surface area contributed by atoms with Gasteiger partial charge in [0.2, 0.25) is 9.84 Å². The Labute approximate surface area is 179 Å². The van der Waals surface area contributed by atoms with Crippen molar-refractivity contribution < 1.29 is 23.1 Å². The van der Waals surface area contributed by atoms with E-state index < -0.39 is 20.7 Å². The van der Waals surface area contributed by atoms with Crippen molar-refractivity contribution in [1.29, 1.82) is 0 Å². The van der Waals surface area contributed by atoms with Crippen molar-refractivity contribution in [1.82, 2.24) is 0 Å². The third-order valence-electron chi connectivity index (χ3n) is 4.87. The first-order valence-corrected chi connectivity index (χ1v) is 10.8. The van der Waals surface area contributed by atoms with Crippen LogP contribution in [0.15, 0.2) is 64.4 Å². The summed E-state index contributed by atoms with van der Waals surface area (Å²) < 4.78 is 31.9. The van der Waals surface area contributed by atoms with Crippen molar-refractivity contribution in [3.8, 4) is 5.75 Å². The molecule has 0 saturated carbocycles. The molecule has 3 N–H and O–H groups in total. The smallest absolute Gasteiger partial charge is 0.337 e. The SMILES string of the molecule is COc1ccc(S(=O)(=O)c2c(N)c(Cl)c(C)c(Cc3ccccc3)c2C(=O)O)cc1. The van der Waals surface area contributed by atoms with Crippen LogP contribution in [0.5, 0.6) is 5.75 Å². The number of halogens is 1. The molecule has 8 heteroatoms. The van der Waals surface area contributed by atoms with Crippen LogP contribution in [-0.4, -0.2) is 26.6 Å². The highest BCUT2D eigenvalue weighted by Gasteiger charge is 2.33. The van der Waals surface area contributed by atoms with Gasteiger partial charge in [-0.1, -0.05) is 41.9 Å². The first-order chi connectivity index (χ1) is 14.2. The fourth-order valence-corrected chi connectivity index (χ4v) is 5.16. The van der Waals surface area contributed by atoms with Crippen molar-refractivity contribution in [2.45, 2.75) is 23.1 Å². The molecule has 156 valence electrons. The van der Waals surface area contributed by atoms with Crippen LogP contribution >= 0.6 is 11.6 Å². The largest absolute Gasteiger partial charge is 0.497 e. The number of carboxylic acids is 1. The average Bonchev–Trinajstić information content (AvgIpc) is 2.74. The Bertz CT molecular complexity index is 1210. The highest BCUT2D eigenvalue weighted by molar-refractivity contribution is 7.91. The van der Waals surface area contributed by atoms with E-state index in [0.29, 0.717) is 16.9 Å². The van der Waals surface area contributed by atoms with E-state index in [4.69, 9.17) is 22.1 Å². The van der Waals surface area contributed by atoms with Crippen LogP contribution in [0.3, 0.4) is 0 Å². The Morgan fingerprint density at radius 3 is 2.23 bits per heavy atom. The first kappa shape index (κ1) is 21.7. The zero-order valence-corrected chi connectivity index (χ0v) is 17.9. The lowest BCUT2D eigenvalue weighted by atomic mass is 9.94. The van der Waals surface area contributed by atoms with Crippen molar-refractivity contribution in [3.05, 3.63) is 81.9 Å². The molecule has 30 heavy (non-hydrogen) atoms. The average molecular weight is 446 g/mol. The van der Waals surface area contributed by atoms with E-state index in [1.165, 1.54) is 31.4 Å². The quantitative estimate of drug-likeness (QED) is 0.546. The molecule has 0 saturated heterocycles. The van der Waals surface area contributed by atoms with E-state index in [9.17, 15) is 18.3 Å². The highest BCUT2D eigenvalue weighted by Crippen LogP contribution is 2.40. The second kappa shape index (κ2) is 8.38. The summed E-state index contributed by atoms with van der Waals surface area (Å²) in [6.45, 7) is 1.63. The summed E-state index contributed by atoms with van der Waals surface area (Å²) in [7, 11) is -2.81. The zero-order valence-electron chi connectivity index (χ0n) is 16.3. The molecule has 0 heterocycles. The Morgan fingerprint density at radius 1 is 1.10 bits per heavy atom. The summed E-state index contributed by atoms with van der Waals surface area (Å²) in [6, 6.07) is 14.8. The van der Waals surface area contributed by atoms with Crippen LogP contribution in [0.2, 0.25) is 5.02 Å². The maximum atomic E-state index is 13.4. The van der Waals surface area contributed by atoms with Crippen molar-refractivity contribution in [2.24, 2.45) is 0 Å². The predicted molar refractivity (Wildman–Crippen MR) is 115 cm³/mol. The van der Waals surface area contributed by atoms with Gasteiger partial charge in [-0.2, -0.15) is 0 Å². The Balaban J connectivity index is 2.31. The zero-order chi connectivity index (χ0) is 22.1. The number of anilines is 1. The minimum atomic E-state index is -4.27. The number of sulfone groups is 1. The minimum absolute atomic E-state index is 0.0259. The van der Waals surface area contributed by atoms with E-state index in [1.807, 2.05) is 30.3 Å². The number of carboxylic acid groups (broad SMARTS) is 1. The van der Waals surface area contributed by atoms with Gasteiger partial charge in [0.25, 0.3) is 0 Å². The summed E-state index contributed by atoms with van der Waals surface area (Å²) in [4.78, 5) is 11.6. The van der Waals surface area contributed by atoms with E-state index in [0.717, 1.165) is 5.56 Å². The normalized spacial score (nSPS) is 11.3. The van der Waals surface area contributed by atoms with Gasteiger partial charge in [-0.05, 0) is 54.3 Å². The molecule has 3 aromatic rings. The van der Waals surface area contributed by atoms with Crippen molar-refractivity contribution >= 4 is 33.1 Å². The van der Waals surface area contributed by atoms with Gasteiger partial charge in [-0.3, -0.25) is 0 Å². The third kappa shape index (κ3) is 3.86. The van der Waals surface area contributed by atoms with Gasteiger partial charge in [0.05, 0.1) is 28.3 Å². The fourth-order valence-electron chi connectivity index (χ4n) is 3.29. The summed E-state index contributed by atoms with van der Waals surface area (Å²) >= 11 is 6.37. The number of hydrogen-bond acceptors (Lipinski definition) is 5. The number of rotatable bonds is 6. The van der Waals surface area contributed by atoms with E-state index in [1.54, 1.807) is 6.92 Å². The van der Waals surface area contributed by atoms with Crippen LogP contribution in [0.1, 0.15) is 27.0 Å². The molecule has 6 nitrogen and oxygen atoms in total. The van der Waals surface area contributed by atoms with Gasteiger partial charge in [-0.25, -0.2) is 13.2 Å². The van der Waals surface area contributed by atoms with Gasteiger partial charge in [0.15, 0.2) is 0 Å². The molecule has 0 spiro atoms. The predicted octanol–water partition coefficient (Wildman–Crippen LogP) is 4.36. The number of benzene rings is 3. The van der Waals surface area contributed by atoms with E-state index in [2.05, 4.69) is 0 Å².